The van der Waals surface area contributed by atoms with Crippen LogP contribution in [-0.4, -0.2) is 15.0 Å². The summed E-state index contributed by atoms with van der Waals surface area (Å²) in [6, 6.07) is 4.72. The third kappa shape index (κ3) is 2.89. The Balaban J connectivity index is 2.13. The molecule has 2 rings (SSSR count). The van der Waals surface area contributed by atoms with Crippen molar-refractivity contribution >= 4 is 21.4 Å². The van der Waals surface area contributed by atoms with E-state index in [1.807, 2.05) is 0 Å². The maximum absolute atomic E-state index is 11.2. The molecule has 1 saturated carbocycles. The molecule has 0 bridgehead atoms. The standard InChI is InChI=1S/C11H17N3O2S/c1-11(4-5-11)7-14-8-2-3-10(9(12)6-8)17(13,15)16/h2-3,6,14H,4-5,7,12H2,1H3,(H2,13,15,16). The number of benzene rings is 1. The summed E-state index contributed by atoms with van der Waals surface area (Å²) in [5, 5.41) is 8.28. The van der Waals surface area contributed by atoms with Crippen LogP contribution in [-0.2, 0) is 10.0 Å². The van der Waals surface area contributed by atoms with Crippen LogP contribution in [0.1, 0.15) is 19.8 Å². The predicted molar refractivity (Wildman–Crippen MR) is 68.1 cm³/mol. The molecule has 17 heavy (non-hydrogen) atoms. The zero-order chi connectivity index (χ0) is 12.7. The highest BCUT2D eigenvalue weighted by Gasteiger charge is 2.36. The lowest BCUT2D eigenvalue weighted by molar-refractivity contribution is 0.598. The van der Waals surface area contributed by atoms with Gasteiger partial charge in [0.1, 0.15) is 4.90 Å². The van der Waals surface area contributed by atoms with Gasteiger partial charge in [-0.3, -0.25) is 0 Å². The van der Waals surface area contributed by atoms with Crippen LogP contribution in [0.4, 0.5) is 11.4 Å². The van der Waals surface area contributed by atoms with Crippen molar-refractivity contribution in [2.24, 2.45) is 10.6 Å². The van der Waals surface area contributed by atoms with Gasteiger partial charge in [-0.15, -0.1) is 0 Å². The fourth-order valence-electron chi connectivity index (χ4n) is 1.62. The summed E-state index contributed by atoms with van der Waals surface area (Å²) in [7, 11) is -3.73. The van der Waals surface area contributed by atoms with E-state index in [1.54, 1.807) is 12.1 Å². The smallest absolute Gasteiger partial charge is 0.240 e. The molecule has 5 nitrogen and oxygen atoms in total. The van der Waals surface area contributed by atoms with Crippen LogP contribution in [0, 0.1) is 5.41 Å². The van der Waals surface area contributed by atoms with Gasteiger partial charge in [0.2, 0.25) is 10.0 Å². The molecule has 5 N–H and O–H groups in total. The lowest BCUT2D eigenvalue weighted by atomic mass is 10.1. The molecule has 1 fully saturated rings. The van der Waals surface area contributed by atoms with Gasteiger partial charge in [-0.25, -0.2) is 13.6 Å². The van der Waals surface area contributed by atoms with Crippen LogP contribution in [0.25, 0.3) is 0 Å². The largest absolute Gasteiger partial charge is 0.398 e. The monoisotopic (exact) mass is 255 g/mol. The van der Waals surface area contributed by atoms with Gasteiger partial charge < -0.3 is 11.1 Å². The highest BCUT2D eigenvalue weighted by atomic mass is 32.2. The summed E-state index contributed by atoms with van der Waals surface area (Å²) < 4.78 is 22.3. The van der Waals surface area contributed by atoms with Gasteiger partial charge in [-0.05, 0) is 36.5 Å². The summed E-state index contributed by atoms with van der Waals surface area (Å²) in [4.78, 5) is -0.0271. The third-order valence-electron chi connectivity index (χ3n) is 3.14. The van der Waals surface area contributed by atoms with Crippen LogP contribution in [0.5, 0.6) is 0 Å². The number of nitrogens with one attached hydrogen (secondary N) is 1. The number of hydrogen-bond donors (Lipinski definition) is 3. The van der Waals surface area contributed by atoms with Crippen molar-refractivity contribution < 1.29 is 8.42 Å². The summed E-state index contributed by atoms with van der Waals surface area (Å²) in [5.41, 5.74) is 7.05. The molecule has 6 heteroatoms. The van der Waals surface area contributed by atoms with Crippen molar-refractivity contribution in [2.45, 2.75) is 24.7 Å². The van der Waals surface area contributed by atoms with Gasteiger partial charge in [0.15, 0.2) is 0 Å². The normalized spacial score (nSPS) is 17.8. The molecule has 1 aliphatic rings. The minimum atomic E-state index is -3.73. The molecule has 0 spiro atoms. The Bertz CT molecular complexity index is 536. The second-order valence-corrected chi connectivity index (χ2v) is 6.49. The minimum absolute atomic E-state index is 0.0271. The number of primary sulfonamides is 1. The minimum Gasteiger partial charge on any atom is -0.398 e. The summed E-state index contributed by atoms with van der Waals surface area (Å²) in [5.74, 6) is 0. The Morgan fingerprint density at radius 3 is 2.53 bits per heavy atom. The Hall–Kier alpha value is -1.27. The first-order chi connectivity index (χ1) is 7.80. The van der Waals surface area contributed by atoms with Crippen LogP contribution < -0.4 is 16.2 Å². The highest BCUT2D eigenvalue weighted by molar-refractivity contribution is 7.89. The molecule has 0 saturated heterocycles. The molecule has 0 radical (unpaired) electrons. The Morgan fingerprint density at radius 1 is 1.41 bits per heavy atom. The number of nitrogens with two attached hydrogens (primary N) is 2. The molecule has 0 unspecified atom stereocenters. The molecule has 0 aromatic heterocycles. The third-order valence-corrected chi connectivity index (χ3v) is 4.12. The van der Waals surface area contributed by atoms with E-state index in [1.165, 1.54) is 18.9 Å². The Morgan fingerprint density at radius 2 is 2.06 bits per heavy atom. The number of sulfonamides is 1. The number of anilines is 2. The first-order valence-electron chi connectivity index (χ1n) is 5.46. The first kappa shape index (κ1) is 12.2. The molecule has 1 aromatic rings. The number of hydrogen-bond acceptors (Lipinski definition) is 4. The van der Waals surface area contributed by atoms with Gasteiger partial charge >= 0.3 is 0 Å². The lowest BCUT2D eigenvalue weighted by Gasteiger charge is -2.12. The maximum Gasteiger partial charge on any atom is 0.240 e. The Kier molecular flexibility index (Phi) is 2.79. The maximum atomic E-state index is 11.2. The molecule has 0 aliphatic heterocycles. The summed E-state index contributed by atoms with van der Waals surface area (Å²) >= 11 is 0. The van der Waals surface area contributed by atoms with Gasteiger partial charge in [-0.2, -0.15) is 0 Å². The van der Waals surface area contributed by atoms with Crippen LogP contribution in [0.2, 0.25) is 0 Å². The predicted octanol–water partition coefficient (Wildman–Crippen LogP) is 1.13. The molecule has 0 heterocycles. The first-order valence-corrected chi connectivity index (χ1v) is 7.01. The Labute approximate surface area is 101 Å². The zero-order valence-electron chi connectivity index (χ0n) is 9.73. The molecular weight excluding hydrogens is 238 g/mol. The fraction of sp³-hybridized carbons (Fsp3) is 0.455. The quantitative estimate of drug-likeness (QED) is 0.702. The molecule has 1 aliphatic carbocycles. The summed E-state index contributed by atoms with van der Waals surface area (Å²) in [6.45, 7) is 3.09. The van der Waals surface area contributed by atoms with E-state index in [9.17, 15) is 8.42 Å². The fourth-order valence-corrected chi connectivity index (χ4v) is 2.27. The van der Waals surface area contributed by atoms with Gasteiger partial charge in [0, 0.05) is 12.2 Å². The lowest BCUT2D eigenvalue weighted by Crippen LogP contribution is -2.15. The molecule has 1 aromatic carbocycles. The number of nitrogen functional groups attached to an aromatic ring is 1. The average Bonchev–Trinajstić information content (AvgIpc) is 2.92. The van der Waals surface area contributed by atoms with E-state index in [0.29, 0.717) is 5.41 Å². The van der Waals surface area contributed by atoms with Crippen molar-refractivity contribution in [3.8, 4) is 0 Å². The molecular formula is C11H17N3O2S. The van der Waals surface area contributed by atoms with Gasteiger partial charge in [0.05, 0.1) is 5.69 Å². The van der Waals surface area contributed by atoms with Crippen LogP contribution in [0.3, 0.4) is 0 Å². The van der Waals surface area contributed by atoms with E-state index >= 15 is 0 Å². The van der Waals surface area contributed by atoms with E-state index in [0.717, 1.165) is 12.2 Å². The second-order valence-electron chi connectivity index (χ2n) is 4.96. The zero-order valence-corrected chi connectivity index (χ0v) is 10.5. The topological polar surface area (TPSA) is 98.2 Å². The number of rotatable bonds is 4. The molecule has 0 amide bonds. The van der Waals surface area contributed by atoms with E-state index < -0.39 is 10.0 Å². The van der Waals surface area contributed by atoms with E-state index in [2.05, 4.69) is 12.2 Å². The molecule has 0 atom stereocenters. The van der Waals surface area contributed by atoms with Crippen LogP contribution >= 0.6 is 0 Å². The second kappa shape index (κ2) is 3.89. The van der Waals surface area contributed by atoms with Crippen molar-refractivity contribution in [1.29, 1.82) is 0 Å². The van der Waals surface area contributed by atoms with Gasteiger partial charge in [-0.1, -0.05) is 6.92 Å². The van der Waals surface area contributed by atoms with Gasteiger partial charge in [0.25, 0.3) is 0 Å². The van der Waals surface area contributed by atoms with Crippen molar-refractivity contribution in [1.82, 2.24) is 0 Å². The average molecular weight is 255 g/mol. The van der Waals surface area contributed by atoms with Crippen molar-refractivity contribution in [2.75, 3.05) is 17.6 Å². The molecule has 94 valence electrons. The highest BCUT2D eigenvalue weighted by Crippen LogP contribution is 2.44. The van der Waals surface area contributed by atoms with Crippen LogP contribution in [0.15, 0.2) is 23.1 Å². The summed E-state index contributed by atoms with van der Waals surface area (Å²) in [6.07, 6.45) is 2.45. The van der Waals surface area contributed by atoms with Crippen molar-refractivity contribution in [3.63, 3.8) is 0 Å². The van der Waals surface area contributed by atoms with Crippen molar-refractivity contribution in [3.05, 3.63) is 18.2 Å². The van der Waals surface area contributed by atoms with E-state index in [4.69, 9.17) is 10.9 Å². The SMILES string of the molecule is CC1(CNc2ccc(S(N)(=O)=O)c(N)c2)CC1. The van der Waals surface area contributed by atoms with E-state index in [-0.39, 0.29) is 10.6 Å².